The molecule has 0 amide bonds. The zero-order valence-corrected chi connectivity index (χ0v) is 24.7. The van der Waals surface area contributed by atoms with E-state index in [1.165, 1.54) is 46.8 Å². The molecule has 2 heterocycles. The van der Waals surface area contributed by atoms with Gasteiger partial charge >= 0.3 is 0 Å². The summed E-state index contributed by atoms with van der Waals surface area (Å²) in [7, 11) is -6.39. The summed E-state index contributed by atoms with van der Waals surface area (Å²) in [5.74, 6) is -1.28. The van der Waals surface area contributed by atoms with Gasteiger partial charge in [-0.05, 0) is 55.8 Å². The van der Waals surface area contributed by atoms with Crippen LogP contribution in [-0.4, -0.2) is 83.6 Å². The molecule has 1 fully saturated rings. The van der Waals surface area contributed by atoms with E-state index in [1.54, 1.807) is 25.2 Å². The summed E-state index contributed by atoms with van der Waals surface area (Å²) in [6.07, 6.45) is -0.326. The molecule has 42 heavy (non-hydrogen) atoms. The van der Waals surface area contributed by atoms with E-state index in [0.29, 0.717) is 24.9 Å². The fraction of sp³-hybridized carbons (Fsp3) is 0.379. The number of β-amino-alcohol motifs (C(OH)–C–C–N with tert-alkyl or cyclic N) is 1. The Hall–Kier alpha value is -2.94. The van der Waals surface area contributed by atoms with E-state index >= 15 is 0 Å². The lowest BCUT2D eigenvalue weighted by Crippen LogP contribution is -2.51. The first kappa shape index (κ1) is 30.5. The van der Waals surface area contributed by atoms with Crippen molar-refractivity contribution in [1.29, 1.82) is 0 Å². The van der Waals surface area contributed by atoms with E-state index in [1.807, 2.05) is 4.90 Å². The molecule has 0 bridgehead atoms. The highest BCUT2D eigenvalue weighted by Gasteiger charge is 2.41. The summed E-state index contributed by atoms with van der Waals surface area (Å²) in [5.41, 5.74) is 0.0697. The number of ether oxygens (including phenoxy) is 1. The molecule has 3 aromatic rings. The number of hydrogen-bond donors (Lipinski definition) is 2. The highest BCUT2D eigenvalue weighted by Crippen LogP contribution is 2.38. The van der Waals surface area contributed by atoms with Crippen molar-refractivity contribution in [3.05, 3.63) is 78.4 Å². The first-order chi connectivity index (χ1) is 19.9. The van der Waals surface area contributed by atoms with E-state index in [-0.39, 0.29) is 53.9 Å². The minimum absolute atomic E-state index is 0.0155. The maximum Gasteiger partial charge on any atom is 0.245 e. The molecular weight excluding hydrogens is 588 g/mol. The quantitative estimate of drug-likeness (QED) is 0.462. The normalized spacial score (nSPS) is 22.0. The van der Waals surface area contributed by atoms with Crippen molar-refractivity contribution in [1.82, 2.24) is 13.9 Å². The molecule has 2 N–H and O–H groups in total. The predicted octanol–water partition coefficient (Wildman–Crippen LogP) is 3.07. The van der Waals surface area contributed by atoms with Crippen molar-refractivity contribution in [2.24, 2.45) is 5.41 Å². The van der Waals surface area contributed by atoms with Crippen LogP contribution < -0.4 is 9.46 Å². The third-order valence-electron chi connectivity index (χ3n) is 7.83. The summed E-state index contributed by atoms with van der Waals surface area (Å²) in [6, 6.07) is 15.7. The number of halogens is 2. The molecular formula is C29H33F2N3O6S2. The van der Waals surface area contributed by atoms with Crippen molar-refractivity contribution < 1.29 is 35.5 Å². The second-order valence-corrected chi connectivity index (χ2v) is 14.6. The number of likely N-dealkylation sites (N-methyl/N-ethyl adjacent to an activating group) is 1. The molecule has 1 unspecified atom stereocenters. The standard InChI is InChI=1S/C29H33F2N3O6S2/c1-33-18-22(35)17-32-41(36,37)28-11-10-21(23-6-2-3-7-24(23)30)16-26(28)40-20-29(19-33)12-14-34(15-13-29)42(38,39)27-9-5-4-8-25(27)31/h2-11,16,22,32,35H,12-15,17-20H2,1H3. The summed E-state index contributed by atoms with van der Waals surface area (Å²) in [4.78, 5) is 1.32. The SMILES string of the molecule is CN1CC(O)CNS(=O)(=O)c2ccc(-c3ccccc3F)cc2OCC2(CCN(S(=O)(=O)c3ccccc3F)CC2)C1. The third kappa shape index (κ3) is 6.36. The van der Waals surface area contributed by atoms with Crippen LogP contribution in [0.3, 0.4) is 0 Å². The lowest BCUT2D eigenvalue weighted by molar-refractivity contribution is 0.0318. The van der Waals surface area contributed by atoms with E-state index in [4.69, 9.17) is 4.74 Å². The molecule has 3 aromatic carbocycles. The Balaban J connectivity index is 1.48. The van der Waals surface area contributed by atoms with Crippen LogP contribution in [0.5, 0.6) is 5.75 Å². The number of nitrogens with zero attached hydrogens (tertiary/aromatic N) is 2. The van der Waals surface area contributed by atoms with Crippen molar-refractivity contribution >= 4 is 20.0 Å². The van der Waals surface area contributed by atoms with Gasteiger partial charge in [0.15, 0.2) is 0 Å². The number of fused-ring (bicyclic) bond motifs is 1. The maximum absolute atomic E-state index is 14.6. The van der Waals surface area contributed by atoms with Gasteiger partial charge in [-0.2, -0.15) is 4.31 Å². The number of aliphatic hydroxyl groups is 1. The molecule has 0 aromatic heterocycles. The van der Waals surface area contributed by atoms with Crippen LogP contribution in [0.2, 0.25) is 0 Å². The van der Waals surface area contributed by atoms with Gasteiger partial charge in [0.2, 0.25) is 20.0 Å². The first-order valence-electron chi connectivity index (χ1n) is 13.5. The highest BCUT2D eigenvalue weighted by molar-refractivity contribution is 7.89. The predicted molar refractivity (Wildman–Crippen MR) is 153 cm³/mol. The van der Waals surface area contributed by atoms with Gasteiger partial charge in [-0.15, -0.1) is 0 Å². The van der Waals surface area contributed by atoms with E-state index in [2.05, 4.69) is 4.72 Å². The minimum atomic E-state index is -4.10. The van der Waals surface area contributed by atoms with Crippen LogP contribution in [-0.2, 0) is 20.0 Å². The molecule has 9 nitrogen and oxygen atoms in total. The molecule has 0 radical (unpaired) electrons. The molecule has 0 aliphatic carbocycles. The lowest BCUT2D eigenvalue weighted by Gasteiger charge is -2.43. The Morgan fingerprint density at radius 1 is 1.00 bits per heavy atom. The molecule has 0 saturated carbocycles. The van der Waals surface area contributed by atoms with Crippen LogP contribution >= 0.6 is 0 Å². The number of rotatable bonds is 3. The smallest absolute Gasteiger partial charge is 0.245 e. The summed E-state index contributed by atoms with van der Waals surface area (Å²) >= 11 is 0. The molecule has 1 atom stereocenters. The van der Waals surface area contributed by atoms with E-state index < -0.39 is 43.2 Å². The molecule has 1 spiro atoms. The third-order valence-corrected chi connectivity index (χ3v) is 11.2. The highest BCUT2D eigenvalue weighted by atomic mass is 32.2. The largest absolute Gasteiger partial charge is 0.492 e. The fourth-order valence-corrected chi connectivity index (χ4v) is 8.33. The van der Waals surface area contributed by atoms with Gasteiger partial charge < -0.3 is 14.7 Å². The number of piperidine rings is 1. The summed E-state index contributed by atoms with van der Waals surface area (Å²) < 4.78 is 91.8. The molecule has 226 valence electrons. The van der Waals surface area contributed by atoms with Crippen molar-refractivity contribution in [3.63, 3.8) is 0 Å². The van der Waals surface area contributed by atoms with Gasteiger partial charge in [0, 0.05) is 43.7 Å². The number of benzene rings is 3. The van der Waals surface area contributed by atoms with E-state index in [9.17, 15) is 30.7 Å². The molecule has 13 heteroatoms. The topological polar surface area (TPSA) is 116 Å². The molecule has 2 aliphatic heterocycles. The minimum Gasteiger partial charge on any atom is -0.492 e. The zero-order valence-electron chi connectivity index (χ0n) is 23.0. The molecule has 2 aliphatic rings. The summed E-state index contributed by atoms with van der Waals surface area (Å²) in [6.45, 7) is 0.581. The monoisotopic (exact) mass is 621 g/mol. The van der Waals surface area contributed by atoms with Gasteiger partial charge in [0.1, 0.15) is 27.2 Å². The van der Waals surface area contributed by atoms with Crippen molar-refractivity contribution in [2.45, 2.75) is 28.7 Å². The second-order valence-electron chi connectivity index (χ2n) is 11.0. The van der Waals surface area contributed by atoms with Crippen LogP contribution in [0, 0.1) is 17.0 Å². The first-order valence-corrected chi connectivity index (χ1v) is 16.5. The number of hydrogen-bond acceptors (Lipinski definition) is 7. The van der Waals surface area contributed by atoms with Crippen LogP contribution in [0.15, 0.2) is 76.5 Å². The zero-order chi connectivity index (χ0) is 30.1. The van der Waals surface area contributed by atoms with Gasteiger partial charge in [-0.1, -0.05) is 36.4 Å². The molecule has 5 rings (SSSR count). The van der Waals surface area contributed by atoms with Gasteiger partial charge in [-0.3, -0.25) is 0 Å². The Morgan fingerprint density at radius 3 is 2.36 bits per heavy atom. The molecule has 1 saturated heterocycles. The Labute approximate surface area is 244 Å². The Kier molecular flexibility index (Phi) is 8.70. The number of aliphatic hydroxyl groups excluding tert-OH is 1. The van der Waals surface area contributed by atoms with Gasteiger partial charge in [0.05, 0.1) is 12.7 Å². The van der Waals surface area contributed by atoms with Crippen LogP contribution in [0.4, 0.5) is 8.78 Å². The second kappa shape index (κ2) is 12.0. The summed E-state index contributed by atoms with van der Waals surface area (Å²) in [5, 5.41) is 10.6. The Bertz CT molecular complexity index is 1660. The van der Waals surface area contributed by atoms with Crippen LogP contribution in [0.25, 0.3) is 11.1 Å². The lowest BCUT2D eigenvalue weighted by atomic mass is 9.79. The van der Waals surface area contributed by atoms with Gasteiger partial charge in [0.25, 0.3) is 0 Å². The van der Waals surface area contributed by atoms with Crippen molar-refractivity contribution in [2.75, 3.05) is 46.4 Å². The Morgan fingerprint density at radius 2 is 1.67 bits per heavy atom. The fourth-order valence-electron chi connectivity index (χ4n) is 5.62. The van der Waals surface area contributed by atoms with Gasteiger partial charge in [-0.25, -0.2) is 30.3 Å². The van der Waals surface area contributed by atoms with E-state index in [0.717, 1.165) is 6.07 Å². The van der Waals surface area contributed by atoms with Crippen LogP contribution in [0.1, 0.15) is 12.8 Å². The average Bonchev–Trinajstić information content (AvgIpc) is 2.95. The number of nitrogens with one attached hydrogen (secondary N) is 1. The van der Waals surface area contributed by atoms with Crippen molar-refractivity contribution in [3.8, 4) is 16.9 Å². The average molecular weight is 622 g/mol. The maximum atomic E-state index is 14.6. The number of sulfonamides is 2.